The first-order valence-electron chi connectivity index (χ1n) is 9.75. The molecule has 0 atom stereocenters. The number of hydrogen-bond acceptors (Lipinski definition) is 5. The Kier molecular flexibility index (Phi) is 8.21. The fraction of sp³-hybridized carbons (Fsp3) is 0.0909. The van der Waals surface area contributed by atoms with Gasteiger partial charge < -0.3 is 20.5 Å². The summed E-state index contributed by atoms with van der Waals surface area (Å²) in [5.74, 6) is 0.0515. The largest absolute Gasteiger partial charge is 0.465 e. The molecule has 4 N–H and O–H groups in total. The van der Waals surface area contributed by atoms with E-state index in [4.69, 9.17) is 33.0 Å². The molecule has 0 bridgehead atoms. The summed E-state index contributed by atoms with van der Waals surface area (Å²) in [6.45, 7) is 0.126. The minimum Gasteiger partial charge on any atom is -0.465 e. The number of carbonyl (C=O) groups is 2. The Bertz CT molecular complexity index is 1300. The van der Waals surface area contributed by atoms with Crippen LogP contribution in [0.1, 0.15) is 10.4 Å². The van der Waals surface area contributed by atoms with Gasteiger partial charge in [-0.05, 0) is 54.6 Å². The minimum atomic E-state index is -4.01. The third kappa shape index (κ3) is 6.77. The van der Waals surface area contributed by atoms with E-state index in [-0.39, 0.29) is 40.0 Å². The molecule has 0 saturated carbocycles. The van der Waals surface area contributed by atoms with Crippen molar-refractivity contribution in [2.24, 2.45) is 0 Å². The van der Waals surface area contributed by atoms with E-state index in [9.17, 15) is 18.0 Å². The number of rotatable bonds is 9. The van der Waals surface area contributed by atoms with Crippen molar-refractivity contribution in [3.63, 3.8) is 0 Å². The zero-order valence-corrected chi connectivity index (χ0v) is 19.7. The van der Waals surface area contributed by atoms with Gasteiger partial charge in [0.05, 0.1) is 15.6 Å². The lowest BCUT2D eigenvalue weighted by Crippen LogP contribution is -2.33. The maximum absolute atomic E-state index is 12.9. The van der Waals surface area contributed by atoms with E-state index >= 15 is 0 Å². The first kappa shape index (κ1) is 25.2. The Morgan fingerprint density at radius 2 is 1.56 bits per heavy atom. The van der Waals surface area contributed by atoms with Gasteiger partial charge in [0, 0.05) is 23.7 Å². The molecule has 3 aromatic carbocycles. The van der Waals surface area contributed by atoms with Gasteiger partial charge in [0.1, 0.15) is 5.75 Å². The Hall–Kier alpha value is -3.47. The summed E-state index contributed by atoms with van der Waals surface area (Å²) in [6.07, 6.45) is -1.19. The number of hydrogen-bond donors (Lipinski definition) is 4. The number of carbonyl (C=O) groups excluding carboxylic acids is 1. The molecule has 0 aliphatic heterocycles. The molecule has 34 heavy (non-hydrogen) atoms. The second-order valence-corrected chi connectivity index (χ2v) is 9.32. The second kappa shape index (κ2) is 11.1. The van der Waals surface area contributed by atoms with Gasteiger partial charge in [-0.2, -0.15) is 0 Å². The Balaban J connectivity index is 1.71. The van der Waals surface area contributed by atoms with Gasteiger partial charge in [0.15, 0.2) is 5.75 Å². The standard InChI is InChI=1S/C22H19Cl2N3O6S/c23-15-7-10-19(17(24)13-15)33-20-4-2-1-3-18(20)27-34(31,32)16-8-5-14(6-9-16)21(28)25-11-12-26-22(29)30/h1-10,13,26-27H,11-12H2,(H,25,28)(H,29,30). The molecule has 3 aromatic rings. The summed E-state index contributed by atoms with van der Waals surface area (Å²) in [5.41, 5.74) is 0.400. The number of amides is 2. The molecular weight excluding hydrogens is 505 g/mol. The van der Waals surface area contributed by atoms with Crippen LogP contribution in [0.2, 0.25) is 10.0 Å². The van der Waals surface area contributed by atoms with E-state index in [1.54, 1.807) is 30.3 Å². The first-order chi connectivity index (χ1) is 16.2. The van der Waals surface area contributed by atoms with Crippen molar-refractivity contribution in [2.45, 2.75) is 4.90 Å². The summed E-state index contributed by atoms with van der Waals surface area (Å²) >= 11 is 12.0. The summed E-state index contributed by atoms with van der Waals surface area (Å²) in [7, 11) is -4.01. The molecular formula is C22H19Cl2N3O6S. The van der Waals surface area contributed by atoms with Gasteiger partial charge in [-0.1, -0.05) is 35.3 Å². The second-order valence-electron chi connectivity index (χ2n) is 6.79. The van der Waals surface area contributed by atoms with Gasteiger partial charge in [0.25, 0.3) is 15.9 Å². The molecule has 0 aliphatic rings. The monoisotopic (exact) mass is 523 g/mol. The van der Waals surface area contributed by atoms with Crippen LogP contribution in [0, 0.1) is 0 Å². The zero-order chi connectivity index (χ0) is 24.7. The summed E-state index contributed by atoms with van der Waals surface area (Å²) < 4.78 is 34.0. The van der Waals surface area contributed by atoms with E-state index in [1.165, 1.54) is 36.4 Å². The van der Waals surface area contributed by atoms with Crippen LogP contribution < -0.4 is 20.1 Å². The van der Waals surface area contributed by atoms with Crippen LogP contribution in [-0.4, -0.2) is 38.6 Å². The number of anilines is 1. The highest BCUT2D eigenvalue weighted by molar-refractivity contribution is 7.92. The van der Waals surface area contributed by atoms with Crippen LogP contribution in [0.5, 0.6) is 11.5 Å². The summed E-state index contributed by atoms with van der Waals surface area (Å²) in [5, 5.41) is 13.9. The molecule has 2 amide bonds. The Morgan fingerprint density at radius 1 is 0.882 bits per heavy atom. The number of para-hydroxylation sites is 2. The van der Waals surface area contributed by atoms with Gasteiger partial charge in [-0.25, -0.2) is 13.2 Å². The summed E-state index contributed by atoms with van der Waals surface area (Å²) in [4.78, 5) is 22.5. The SMILES string of the molecule is O=C(O)NCCNC(=O)c1ccc(S(=O)(=O)Nc2ccccc2Oc2ccc(Cl)cc2Cl)cc1. The molecule has 0 radical (unpaired) electrons. The number of benzene rings is 3. The van der Waals surface area contributed by atoms with Gasteiger partial charge in [0.2, 0.25) is 0 Å². The van der Waals surface area contributed by atoms with Crippen LogP contribution in [-0.2, 0) is 10.0 Å². The molecule has 178 valence electrons. The minimum absolute atomic E-state index is 0.0418. The van der Waals surface area contributed by atoms with Crippen molar-refractivity contribution < 1.29 is 27.9 Å². The van der Waals surface area contributed by atoms with Gasteiger partial charge in [-0.15, -0.1) is 0 Å². The first-order valence-corrected chi connectivity index (χ1v) is 12.0. The highest BCUT2D eigenvalue weighted by Gasteiger charge is 2.18. The number of ether oxygens (including phenoxy) is 1. The lowest BCUT2D eigenvalue weighted by atomic mass is 10.2. The number of halogens is 2. The number of carboxylic acid groups (broad SMARTS) is 1. The molecule has 0 spiro atoms. The van der Waals surface area contributed by atoms with Crippen molar-refractivity contribution in [1.82, 2.24) is 10.6 Å². The fourth-order valence-corrected chi connectivity index (χ4v) is 4.27. The average Bonchev–Trinajstić information content (AvgIpc) is 2.79. The van der Waals surface area contributed by atoms with Gasteiger partial charge in [-0.3, -0.25) is 9.52 Å². The molecule has 12 heteroatoms. The molecule has 0 aromatic heterocycles. The van der Waals surface area contributed by atoms with Crippen molar-refractivity contribution in [2.75, 3.05) is 17.8 Å². The van der Waals surface area contributed by atoms with E-state index in [1.807, 2.05) is 0 Å². The van der Waals surface area contributed by atoms with Crippen LogP contribution in [0.4, 0.5) is 10.5 Å². The van der Waals surface area contributed by atoms with Crippen molar-refractivity contribution in [1.29, 1.82) is 0 Å². The van der Waals surface area contributed by atoms with Crippen LogP contribution in [0.3, 0.4) is 0 Å². The molecule has 3 rings (SSSR count). The molecule has 0 fully saturated rings. The van der Waals surface area contributed by atoms with Crippen molar-refractivity contribution in [3.8, 4) is 11.5 Å². The van der Waals surface area contributed by atoms with E-state index in [2.05, 4.69) is 15.4 Å². The van der Waals surface area contributed by atoms with Crippen molar-refractivity contribution >= 4 is 50.9 Å². The fourth-order valence-electron chi connectivity index (χ4n) is 2.75. The molecule has 0 saturated heterocycles. The normalized spacial score (nSPS) is 10.9. The zero-order valence-electron chi connectivity index (χ0n) is 17.4. The predicted octanol–water partition coefficient (Wildman–Crippen LogP) is 4.58. The number of nitrogens with one attached hydrogen (secondary N) is 3. The smallest absolute Gasteiger partial charge is 0.404 e. The highest BCUT2D eigenvalue weighted by atomic mass is 35.5. The van der Waals surface area contributed by atoms with E-state index in [0.29, 0.717) is 10.8 Å². The Morgan fingerprint density at radius 3 is 2.24 bits per heavy atom. The van der Waals surface area contributed by atoms with E-state index < -0.39 is 22.0 Å². The third-order valence-corrected chi connectivity index (χ3v) is 6.27. The highest BCUT2D eigenvalue weighted by Crippen LogP contribution is 2.35. The Labute approximate surface area is 205 Å². The predicted molar refractivity (Wildman–Crippen MR) is 129 cm³/mol. The molecule has 0 unspecified atom stereocenters. The van der Waals surface area contributed by atoms with Crippen LogP contribution in [0.15, 0.2) is 71.6 Å². The molecule has 0 aliphatic carbocycles. The number of sulfonamides is 1. The topological polar surface area (TPSA) is 134 Å². The molecule has 0 heterocycles. The maximum Gasteiger partial charge on any atom is 0.404 e. The van der Waals surface area contributed by atoms with Crippen LogP contribution >= 0.6 is 23.2 Å². The average molecular weight is 524 g/mol. The van der Waals surface area contributed by atoms with E-state index in [0.717, 1.165) is 0 Å². The summed E-state index contributed by atoms with van der Waals surface area (Å²) in [6, 6.07) is 16.4. The quantitative estimate of drug-likeness (QED) is 0.303. The third-order valence-electron chi connectivity index (χ3n) is 4.36. The maximum atomic E-state index is 12.9. The van der Waals surface area contributed by atoms with Gasteiger partial charge >= 0.3 is 6.09 Å². The lowest BCUT2D eigenvalue weighted by molar-refractivity contribution is 0.0953. The van der Waals surface area contributed by atoms with Crippen molar-refractivity contribution in [3.05, 3.63) is 82.3 Å². The molecule has 9 nitrogen and oxygen atoms in total. The van der Waals surface area contributed by atoms with Crippen LogP contribution in [0.25, 0.3) is 0 Å². The lowest BCUT2D eigenvalue weighted by Gasteiger charge is -2.14.